The Morgan fingerprint density at radius 2 is 1.97 bits per heavy atom. The molecule has 1 heterocycles. The Morgan fingerprint density at radius 1 is 1.20 bits per heavy atom. The second kappa shape index (κ2) is 8.69. The first-order chi connectivity index (χ1) is 14.3. The van der Waals surface area contributed by atoms with Crippen LogP contribution < -0.4 is 26.6 Å². The van der Waals surface area contributed by atoms with Crippen molar-refractivity contribution in [1.29, 1.82) is 5.41 Å². The molecule has 2 aromatic carbocycles. The van der Waals surface area contributed by atoms with Gasteiger partial charge in [-0.25, -0.2) is 4.79 Å². The fourth-order valence-electron chi connectivity index (χ4n) is 2.93. The Bertz CT molecular complexity index is 1140. The van der Waals surface area contributed by atoms with Gasteiger partial charge >= 0.3 is 5.69 Å². The Hall–Kier alpha value is -3.81. The number of rotatable bonds is 7. The minimum atomic E-state index is -0.513. The highest BCUT2D eigenvalue weighted by molar-refractivity contribution is 6.01. The normalized spacial score (nSPS) is 10.8. The molecule has 6 N–H and O–H groups in total. The fourth-order valence-corrected chi connectivity index (χ4v) is 2.93. The largest absolute Gasteiger partial charge is 0.497 e. The molecule has 0 atom stereocenters. The van der Waals surface area contributed by atoms with Gasteiger partial charge in [-0.15, -0.1) is 0 Å². The van der Waals surface area contributed by atoms with E-state index in [1.807, 2.05) is 6.07 Å². The predicted octanol–water partition coefficient (Wildman–Crippen LogP) is 3.01. The summed E-state index contributed by atoms with van der Waals surface area (Å²) >= 11 is 0. The smallest absolute Gasteiger partial charge is 0.345 e. The second-order valence-corrected chi connectivity index (χ2v) is 7.27. The van der Waals surface area contributed by atoms with Crippen molar-refractivity contribution in [2.24, 2.45) is 11.7 Å². The van der Waals surface area contributed by atoms with Gasteiger partial charge in [0.25, 0.3) is 0 Å². The van der Waals surface area contributed by atoms with Crippen LogP contribution in [0, 0.1) is 11.3 Å². The molecule has 0 aliphatic rings. The molecule has 0 unspecified atom stereocenters. The molecular weight excluding hydrogens is 382 g/mol. The van der Waals surface area contributed by atoms with Gasteiger partial charge in [0.15, 0.2) is 0 Å². The van der Waals surface area contributed by atoms with E-state index in [0.29, 0.717) is 57.8 Å². The molecule has 1 aromatic heterocycles. The van der Waals surface area contributed by atoms with Crippen LogP contribution in [0.15, 0.2) is 47.3 Å². The molecule has 3 aromatic rings. The minimum Gasteiger partial charge on any atom is -0.497 e. The van der Waals surface area contributed by atoms with Gasteiger partial charge in [-0.1, -0.05) is 19.9 Å². The van der Waals surface area contributed by atoms with Crippen molar-refractivity contribution in [2.75, 3.05) is 19.5 Å². The van der Waals surface area contributed by atoms with Crippen LogP contribution in [0.1, 0.15) is 19.4 Å². The Morgan fingerprint density at radius 3 is 2.63 bits per heavy atom. The molecule has 0 radical (unpaired) electrons. The first-order valence-electron chi connectivity index (χ1n) is 9.45. The SMILES string of the molecule is COc1ccc(OCC(C)C)c(-c2cc(-c3ccc(N)c(C(=N)N)c3)nc(=O)[nH]2)c1. The maximum Gasteiger partial charge on any atom is 0.345 e. The summed E-state index contributed by atoms with van der Waals surface area (Å²) in [6.07, 6.45) is 0. The van der Waals surface area contributed by atoms with E-state index >= 15 is 0 Å². The molecule has 0 fully saturated rings. The molecule has 8 heteroatoms. The number of nitrogen functional groups attached to an aromatic ring is 2. The van der Waals surface area contributed by atoms with Gasteiger partial charge in [-0.05, 0) is 42.3 Å². The third-order valence-electron chi connectivity index (χ3n) is 4.43. The maximum atomic E-state index is 12.3. The van der Waals surface area contributed by atoms with Gasteiger partial charge in [-0.2, -0.15) is 4.98 Å². The van der Waals surface area contributed by atoms with E-state index in [1.54, 1.807) is 43.5 Å². The van der Waals surface area contributed by atoms with E-state index in [1.165, 1.54) is 0 Å². The van der Waals surface area contributed by atoms with Crippen molar-refractivity contribution in [3.8, 4) is 34.0 Å². The van der Waals surface area contributed by atoms with Crippen molar-refractivity contribution in [3.05, 3.63) is 58.5 Å². The van der Waals surface area contributed by atoms with Crippen LogP contribution in [-0.4, -0.2) is 29.5 Å². The number of ether oxygens (including phenoxy) is 2. The molecule has 0 saturated carbocycles. The zero-order valence-electron chi connectivity index (χ0n) is 17.2. The van der Waals surface area contributed by atoms with E-state index in [4.69, 9.17) is 26.4 Å². The van der Waals surface area contributed by atoms with Gasteiger partial charge in [0.1, 0.15) is 17.3 Å². The van der Waals surface area contributed by atoms with Crippen molar-refractivity contribution < 1.29 is 9.47 Å². The van der Waals surface area contributed by atoms with E-state index in [-0.39, 0.29) is 5.84 Å². The summed E-state index contributed by atoms with van der Waals surface area (Å²) in [5.41, 5.74) is 14.0. The fraction of sp³-hybridized carbons (Fsp3) is 0.227. The number of nitrogens with two attached hydrogens (primary N) is 2. The number of hydrogen-bond acceptors (Lipinski definition) is 6. The summed E-state index contributed by atoms with van der Waals surface area (Å²) in [7, 11) is 1.58. The van der Waals surface area contributed by atoms with Crippen molar-refractivity contribution in [2.45, 2.75) is 13.8 Å². The van der Waals surface area contributed by atoms with Crippen molar-refractivity contribution >= 4 is 11.5 Å². The van der Waals surface area contributed by atoms with Gasteiger partial charge in [-0.3, -0.25) is 5.41 Å². The van der Waals surface area contributed by atoms with Crippen LogP contribution in [0.5, 0.6) is 11.5 Å². The molecule has 0 amide bonds. The lowest BCUT2D eigenvalue weighted by Gasteiger charge is -2.15. The number of nitrogens with zero attached hydrogens (tertiary/aromatic N) is 1. The lowest BCUT2D eigenvalue weighted by molar-refractivity contribution is 0.271. The molecule has 0 aliphatic carbocycles. The molecule has 156 valence electrons. The summed E-state index contributed by atoms with van der Waals surface area (Å²) in [4.78, 5) is 19.2. The van der Waals surface area contributed by atoms with Gasteiger partial charge < -0.3 is 25.9 Å². The number of nitrogens with one attached hydrogen (secondary N) is 2. The van der Waals surface area contributed by atoms with Crippen molar-refractivity contribution in [3.63, 3.8) is 0 Å². The number of hydrogen-bond donors (Lipinski definition) is 4. The molecule has 0 spiro atoms. The third-order valence-corrected chi connectivity index (χ3v) is 4.43. The highest BCUT2D eigenvalue weighted by atomic mass is 16.5. The van der Waals surface area contributed by atoms with Crippen molar-refractivity contribution in [1.82, 2.24) is 9.97 Å². The van der Waals surface area contributed by atoms with Crippen LogP contribution in [0.25, 0.3) is 22.5 Å². The summed E-state index contributed by atoms with van der Waals surface area (Å²) in [6, 6.07) is 12.2. The Balaban J connectivity index is 2.13. The second-order valence-electron chi connectivity index (χ2n) is 7.27. The zero-order valence-corrected chi connectivity index (χ0v) is 17.2. The average Bonchev–Trinajstić information content (AvgIpc) is 2.71. The maximum absolute atomic E-state index is 12.3. The standard InChI is InChI=1S/C22H25N5O3/c1-12(2)11-30-20-7-5-14(29-3)9-16(20)19-10-18(26-22(28)27-19)13-4-6-17(23)15(8-13)21(24)25/h4-10,12H,11,23H2,1-3H3,(H3,24,25)(H,26,27,28). The molecule has 30 heavy (non-hydrogen) atoms. The highest BCUT2D eigenvalue weighted by Crippen LogP contribution is 2.34. The molecular formula is C22H25N5O3. The summed E-state index contributed by atoms with van der Waals surface area (Å²) in [5.74, 6) is 1.44. The summed E-state index contributed by atoms with van der Waals surface area (Å²) in [5, 5.41) is 7.69. The molecule has 8 nitrogen and oxygen atoms in total. The lowest BCUT2D eigenvalue weighted by atomic mass is 10.0. The van der Waals surface area contributed by atoms with Crippen LogP contribution >= 0.6 is 0 Å². The number of benzene rings is 2. The van der Waals surface area contributed by atoms with E-state index in [2.05, 4.69) is 23.8 Å². The highest BCUT2D eigenvalue weighted by Gasteiger charge is 2.14. The third kappa shape index (κ3) is 4.60. The van der Waals surface area contributed by atoms with Gasteiger partial charge in [0.05, 0.1) is 25.1 Å². The summed E-state index contributed by atoms with van der Waals surface area (Å²) in [6.45, 7) is 4.65. The minimum absolute atomic E-state index is 0.156. The van der Waals surface area contributed by atoms with Gasteiger partial charge in [0.2, 0.25) is 0 Å². The molecule has 0 aliphatic heterocycles. The number of aromatic amines is 1. The Kier molecular flexibility index (Phi) is 6.06. The molecule has 3 rings (SSSR count). The van der Waals surface area contributed by atoms with Crippen LogP contribution in [-0.2, 0) is 0 Å². The molecule has 0 saturated heterocycles. The van der Waals surface area contributed by atoms with Crippen LogP contribution in [0.3, 0.4) is 0 Å². The molecule has 0 bridgehead atoms. The quantitative estimate of drug-likeness (QED) is 0.270. The number of methoxy groups -OCH3 is 1. The lowest BCUT2D eigenvalue weighted by Crippen LogP contribution is -2.15. The number of anilines is 1. The first-order valence-corrected chi connectivity index (χ1v) is 9.45. The monoisotopic (exact) mass is 407 g/mol. The number of amidine groups is 1. The van der Waals surface area contributed by atoms with Crippen LogP contribution in [0.2, 0.25) is 0 Å². The predicted molar refractivity (Wildman–Crippen MR) is 118 cm³/mol. The number of aromatic nitrogens is 2. The van der Waals surface area contributed by atoms with E-state index in [9.17, 15) is 4.79 Å². The Labute approximate surface area is 174 Å². The topological polar surface area (TPSA) is 140 Å². The van der Waals surface area contributed by atoms with Crippen LogP contribution in [0.4, 0.5) is 5.69 Å². The van der Waals surface area contributed by atoms with E-state index in [0.717, 1.165) is 0 Å². The van der Waals surface area contributed by atoms with Gasteiger partial charge in [0, 0.05) is 22.4 Å². The number of H-pyrrole nitrogens is 1. The zero-order chi connectivity index (χ0) is 21.8. The first kappa shape index (κ1) is 20.9. The average molecular weight is 407 g/mol. The van der Waals surface area contributed by atoms with E-state index < -0.39 is 5.69 Å². The summed E-state index contributed by atoms with van der Waals surface area (Å²) < 4.78 is 11.3.